The molecular formula is C13H19ClN4O2. The van der Waals surface area contributed by atoms with Gasteiger partial charge in [-0.25, -0.2) is 9.97 Å². The van der Waals surface area contributed by atoms with Crippen molar-refractivity contribution in [1.82, 2.24) is 20.6 Å². The van der Waals surface area contributed by atoms with E-state index in [9.17, 15) is 9.59 Å². The van der Waals surface area contributed by atoms with Crippen LogP contribution in [-0.4, -0.2) is 34.4 Å². The minimum atomic E-state index is -0.488. The predicted octanol–water partition coefficient (Wildman–Crippen LogP) is 1.51. The first-order valence-corrected chi connectivity index (χ1v) is 6.79. The summed E-state index contributed by atoms with van der Waals surface area (Å²) in [6, 6.07) is 0.0228. The second-order valence-corrected chi connectivity index (χ2v) is 5.39. The van der Waals surface area contributed by atoms with Crippen molar-refractivity contribution >= 4 is 23.4 Å². The van der Waals surface area contributed by atoms with Crippen LogP contribution in [0.1, 0.15) is 49.9 Å². The molecule has 1 aromatic rings. The molecule has 0 aliphatic rings. The van der Waals surface area contributed by atoms with Gasteiger partial charge in [-0.15, -0.1) is 0 Å². The number of nitrogens with one attached hydrogen (secondary N) is 2. The Bertz CT molecular complexity index is 503. The van der Waals surface area contributed by atoms with Gasteiger partial charge in [0.1, 0.15) is 11.5 Å². The first kappa shape index (κ1) is 16.4. The van der Waals surface area contributed by atoms with Crippen molar-refractivity contribution < 1.29 is 9.59 Å². The second-order valence-electron chi connectivity index (χ2n) is 4.98. The van der Waals surface area contributed by atoms with Crippen molar-refractivity contribution in [2.75, 3.05) is 6.54 Å². The van der Waals surface area contributed by atoms with E-state index in [0.29, 0.717) is 5.82 Å². The monoisotopic (exact) mass is 298 g/mol. The summed E-state index contributed by atoms with van der Waals surface area (Å²) in [5.41, 5.74) is 0.0858. The first-order valence-electron chi connectivity index (χ1n) is 6.41. The summed E-state index contributed by atoms with van der Waals surface area (Å²) in [5.74, 6) is -0.130. The molecule has 2 N–H and O–H groups in total. The van der Waals surface area contributed by atoms with E-state index in [1.165, 1.54) is 6.20 Å². The predicted molar refractivity (Wildman–Crippen MR) is 76.7 cm³/mol. The van der Waals surface area contributed by atoms with Gasteiger partial charge in [-0.05, 0) is 13.8 Å². The average Bonchev–Trinajstić information content (AvgIpc) is 2.35. The normalized spacial score (nSPS) is 10.8. The highest BCUT2D eigenvalue weighted by Crippen LogP contribution is 2.16. The zero-order valence-corrected chi connectivity index (χ0v) is 12.8. The van der Waals surface area contributed by atoms with Crippen LogP contribution in [0.15, 0.2) is 6.20 Å². The van der Waals surface area contributed by atoms with Crippen molar-refractivity contribution in [2.24, 2.45) is 0 Å². The van der Waals surface area contributed by atoms with Gasteiger partial charge >= 0.3 is 0 Å². The Balaban J connectivity index is 2.72. The number of amides is 2. The molecule has 0 saturated heterocycles. The lowest BCUT2D eigenvalue weighted by atomic mass is 10.2. The molecule has 0 spiro atoms. The molecule has 0 atom stereocenters. The number of carbonyl (C=O) groups excluding carboxylic acids is 2. The van der Waals surface area contributed by atoms with Gasteiger partial charge in [0.2, 0.25) is 5.91 Å². The largest absolute Gasteiger partial charge is 0.352 e. The third kappa shape index (κ3) is 4.77. The summed E-state index contributed by atoms with van der Waals surface area (Å²) in [4.78, 5) is 31.6. The highest BCUT2D eigenvalue weighted by atomic mass is 35.5. The number of hydrogen-bond acceptors (Lipinski definition) is 4. The van der Waals surface area contributed by atoms with E-state index in [1.807, 2.05) is 27.7 Å². The Hall–Kier alpha value is -1.69. The van der Waals surface area contributed by atoms with Crippen LogP contribution < -0.4 is 10.6 Å². The topological polar surface area (TPSA) is 84.0 Å². The van der Waals surface area contributed by atoms with Gasteiger partial charge in [0.25, 0.3) is 5.91 Å². The van der Waals surface area contributed by atoms with Gasteiger partial charge in [-0.2, -0.15) is 0 Å². The lowest BCUT2D eigenvalue weighted by molar-refractivity contribution is -0.120. The fourth-order valence-electron chi connectivity index (χ4n) is 1.44. The van der Waals surface area contributed by atoms with Gasteiger partial charge < -0.3 is 10.6 Å². The van der Waals surface area contributed by atoms with Gasteiger partial charge in [-0.1, -0.05) is 25.4 Å². The Labute approximate surface area is 123 Å². The molecule has 6 nitrogen and oxygen atoms in total. The fraction of sp³-hybridized carbons (Fsp3) is 0.538. The van der Waals surface area contributed by atoms with Gasteiger partial charge in [0, 0.05) is 12.0 Å². The van der Waals surface area contributed by atoms with E-state index in [1.54, 1.807) is 0 Å². The number of rotatable bonds is 5. The lowest BCUT2D eigenvalue weighted by Gasteiger charge is -2.10. The average molecular weight is 299 g/mol. The summed E-state index contributed by atoms with van der Waals surface area (Å²) >= 11 is 5.91. The van der Waals surface area contributed by atoms with Crippen molar-refractivity contribution in [1.29, 1.82) is 0 Å². The molecule has 0 aliphatic carbocycles. The number of carbonyl (C=O) groups is 2. The molecule has 2 amide bonds. The lowest BCUT2D eigenvalue weighted by Crippen LogP contribution is -2.40. The molecular weight excluding hydrogens is 280 g/mol. The Kier molecular flexibility index (Phi) is 5.88. The zero-order chi connectivity index (χ0) is 15.3. The number of halogens is 1. The van der Waals surface area contributed by atoms with Gasteiger partial charge in [0.15, 0.2) is 0 Å². The summed E-state index contributed by atoms with van der Waals surface area (Å²) in [7, 11) is 0. The molecule has 0 saturated carbocycles. The second kappa shape index (κ2) is 7.19. The highest BCUT2D eigenvalue weighted by Gasteiger charge is 2.16. The quantitative estimate of drug-likeness (QED) is 0.863. The SMILES string of the molecule is CC(C)NC(=O)CNC(=O)c1nc(C(C)C)ncc1Cl. The van der Waals surface area contributed by atoms with E-state index in [-0.39, 0.29) is 35.1 Å². The van der Waals surface area contributed by atoms with Crippen molar-refractivity contribution in [2.45, 2.75) is 39.7 Å². The van der Waals surface area contributed by atoms with E-state index in [4.69, 9.17) is 11.6 Å². The minimum Gasteiger partial charge on any atom is -0.352 e. The molecule has 0 bridgehead atoms. The van der Waals surface area contributed by atoms with Crippen molar-refractivity contribution in [3.8, 4) is 0 Å². The van der Waals surface area contributed by atoms with E-state index in [2.05, 4.69) is 20.6 Å². The Morgan fingerprint density at radius 3 is 2.50 bits per heavy atom. The number of aromatic nitrogens is 2. The first-order chi connectivity index (χ1) is 9.31. The molecule has 0 aromatic carbocycles. The van der Waals surface area contributed by atoms with E-state index < -0.39 is 5.91 Å². The van der Waals surface area contributed by atoms with E-state index in [0.717, 1.165) is 0 Å². The van der Waals surface area contributed by atoms with Crippen LogP contribution in [0.25, 0.3) is 0 Å². The van der Waals surface area contributed by atoms with Crippen molar-refractivity contribution in [3.63, 3.8) is 0 Å². The van der Waals surface area contributed by atoms with Crippen LogP contribution in [0.3, 0.4) is 0 Å². The molecule has 0 unspecified atom stereocenters. The molecule has 0 aliphatic heterocycles. The number of hydrogen-bond donors (Lipinski definition) is 2. The Morgan fingerprint density at radius 1 is 1.30 bits per heavy atom. The Morgan fingerprint density at radius 2 is 1.95 bits per heavy atom. The van der Waals surface area contributed by atoms with Crippen LogP contribution in [0.4, 0.5) is 0 Å². The number of nitrogens with zero attached hydrogens (tertiary/aromatic N) is 2. The fourth-order valence-corrected chi connectivity index (χ4v) is 1.61. The zero-order valence-electron chi connectivity index (χ0n) is 12.0. The maximum absolute atomic E-state index is 12.0. The maximum Gasteiger partial charge on any atom is 0.272 e. The molecule has 1 rings (SSSR count). The summed E-state index contributed by atoms with van der Waals surface area (Å²) < 4.78 is 0. The molecule has 0 radical (unpaired) electrons. The van der Waals surface area contributed by atoms with Gasteiger partial charge in [-0.3, -0.25) is 9.59 Å². The van der Waals surface area contributed by atoms with Gasteiger partial charge in [0.05, 0.1) is 17.8 Å². The smallest absolute Gasteiger partial charge is 0.272 e. The third-order valence-electron chi connectivity index (χ3n) is 2.35. The molecule has 1 heterocycles. The summed E-state index contributed by atoms with van der Waals surface area (Å²) in [5, 5.41) is 5.32. The highest BCUT2D eigenvalue weighted by molar-refractivity contribution is 6.33. The van der Waals surface area contributed by atoms with Crippen LogP contribution >= 0.6 is 11.6 Å². The molecule has 7 heteroatoms. The standard InChI is InChI=1S/C13H19ClN4O2/c1-7(2)12-15-5-9(14)11(18-12)13(20)16-6-10(19)17-8(3)4/h5,7-8H,6H2,1-4H3,(H,16,20)(H,17,19). The summed E-state index contributed by atoms with van der Waals surface area (Å²) in [6.45, 7) is 7.40. The summed E-state index contributed by atoms with van der Waals surface area (Å²) in [6.07, 6.45) is 1.40. The molecule has 0 fully saturated rings. The third-order valence-corrected chi connectivity index (χ3v) is 2.63. The minimum absolute atomic E-state index is 0.0228. The van der Waals surface area contributed by atoms with Crippen LogP contribution in [0, 0.1) is 0 Å². The van der Waals surface area contributed by atoms with E-state index >= 15 is 0 Å². The maximum atomic E-state index is 12.0. The van der Waals surface area contributed by atoms with Crippen LogP contribution in [0.2, 0.25) is 5.02 Å². The molecule has 20 heavy (non-hydrogen) atoms. The van der Waals surface area contributed by atoms with Crippen LogP contribution in [-0.2, 0) is 4.79 Å². The molecule has 1 aromatic heterocycles. The molecule has 110 valence electrons. The van der Waals surface area contributed by atoms with Crippen molar-refractivity contribution in [3.05, 3.63) is 22.7 Å². The van der Waals surface area contributed by atoms with Crippen LogP contribution in [0.5, 0.6) is 0 Å².